The summed E-state index contributed by atoms with van der Waals surface area (Å²) in [6.07, 6.45) is -4.55. The summed E-state index contributed by atoms with van der Waals surface area (Å²) >= 11 is 0. The van der Waals surface area contributed by atoms with Gasteiger partial charge in [0.1, 0.15) is 6.17 Å². The van der Waals surface area contributed by atoms with Crippen molar-refractivity contribution in [3.63, 3.8) is 0 Å². The first kappa shape index (κ1) is 17.4. The molecule has 9 heteroatoms. The third-order valence-electron chi connectivity index (χ3n) is 5.32. The van der Waals surface area contributed by atoms with E-state index >= 15 is 0 Å². The molecule has 136 valence electrons. The SMILES string of the molecule is CC[C@@H]1CN(C(=O)C(F)(F)F)C2(CC2)CN1C(=O)[C@@H]1C[C@@H](F)CN1. The third kappa shape index (κ3) is 2.98. The fourth-order valence-corrected chi connectivity index (χ4v) is 3.75. The lowest BCUT2D eigenvalue weighted by Crippen LogP contribution is -2.65. The highest BCUT2D eigenvalue weighted by molar-refractivity contribution is 5.85. The number of nitrogens with zero attached hydrogens (tertiary/aromatic N) is 2. The van der Waals surface area contributed by atoms with E-state index in [4.69, 9.17) is 0 Å². The van der Waals surface area contributed by atoms with Crippen LogP contribution in [0.25, 0.3) is 0 Å². The normalized spacial score (nSPS) is 32.3. The van der Waals surface area contributed by atoms with Gasteiger partial charge in [0.15, 0.2) is 0 Å². The molecule has 2 aliphatic heterocycles. The zero-order valence-electron chi connectivity index (χ0n) is 13.4. The molecule has 0 unspecified atom stereocenters. The highest BCUT2D eigenvalue weighted by Gasteiger charge is 2.60. The van der Waals surface area contributed by atoms with Crippen LogP contribution in [0.15, 0.2) is 0 Å². The first-order valence-electron chi connectivity index (χ1n) is 8.24. The molecule has 0 bridgehead atoms. The summed E-state index contributed by atoms with van der Waals surface area (Å²) in [5, 5.41) is 2.83. The minimum absolute atomic E-state index is 0.0873. The molecule has 1 saturated carbocycles. The quantitative estimate of drug-likeness (QED) is 0.762. The van der Waals surface area contributed by atoms with Gasteiger partial charge in [-0.3, -0.25) is 9.59 Å². The van der Waals surface area contributed by atoms with Crippen molar-refractivity contribution in [2.45, 2.75) is 62.6 Å². The lowest BCUT2D eigenvalue weighted by atomic mass is 10.0. The molecule has 0 aromatic heterocycles. The van der Waals surface area contributed by atoms with E-state index < -0.39 is 35.9 Å². The van der Waals surface area contributed by atoms with Gasteiger partial charge in [-0.15, -0.1) is 0 Å². The molecule has 0 aromatic carbocycles. The number of carbonyl (C=O) groups excluding carboxylic acids is 2. The Bertz CT molecular complexity index is 535. The van der Waals surface area contributed by atoms with Gasteiger partial charge < -0.3 is 15.1 Å². The first-order valence-corrected chi connectivity index (χ1v) is 8.24. The van der Waals surface area contributed by atoms with Crippen molar-refractivity contribution < 1.29 is 27.2 Å². The number of halogens is 4. The van der Waals surface area contributed by atoms with E-state index in [1.807, 2.05) is 0 Å². The second-order valence-corrected chi connectivity index (χ2v) is 6.96. The van der Waals surface area contributed by atoms with E-state index in [0.717, 1.165) is 4.90 Å². The van der Waals surface area contributed by atoms with Crippen LogP contribution in [-0.2, 0) is 9.59 Å². The van der Waals surface area contributed by atoms with Gasteiger partial charge in [-0.1, -0.05) is 6.92 Å². The smallest absolute Gasteiger partial charge is 0.334 e. The summed E-state index contributed by atoms with van der Waals surface area (Å²) < 4.78 is 51.9. The van der Waals surface area contributed by atoms with Crippen LogP contribution in [0.4, 0.5) is 17.6 Å². The maximum absolute atomic E-state index is 13.3. The second-order valence-electron chi connectivity index (χ2n) is 6.96. The van der Waals surface area contributed by atoms with Crippen LogP contribution >= 0.6 is 0 Å². The molecule has 1 N–H and O–H groups in total. The van der Waals surface area contributed by atoms with Crippen LogP contribution in [0.1, 0.15) is 32.6 Å². The molecule has 0 aromatic rings. The lowest BCUT2D eigenvalue weighted by Gasteiger charge is -2.47. The number of hydrogen-bond donors (Lipinski definition) is 1. The van der Waals surface area contributed by atoms with Gasteiger partial charge in [-0.25, -0.2) is 4.39 Å². The van der Waals surface area contributed by atoms with Crippen molar-refractivity contribution in [1.82, 2.24) is 15.1 Å². The molecule has 5 nitrogen and oxygen atoms in total. The van der Waals surface area contributed by atoms with E-state index in [0.29, 0.717) is 19.3 Å². The van der Waals surface area contributed by atoms with Crippen LogP contribution in [0.5, 0.6) is 0 Å². The van der Waals surface area contributed by atoms with Gasteiger partial charge in [0.2, 0.25) is 5.91 Å². The van der Waals surface area contributed by atoms with Crippen LogP contribution in [0, 0.1) is 0 Å². The van der Waals surface area contributed by atoms with Gasteiger partial charge in [0, 0.05) is 32.1 Å². The maximum atomic E-state index is 13.3. The summed E-state index contributed by atoms with van der Waals surface area (Å²) in [5.41, 5.74) is -0.901. The predicted molar refractivity (Wildman–Crippen MR) is 76.8 cm³/mol. The number of alkyl halides is 4. The van der Waals surface area contributed by atoms with Crippen LogP contribution in [0.3, 0.4) is 0 Å². The lowest BCUT2D eigenvalue weighted by molar-refractivity contribution is -0.193. The number of carbonyl (C=O) groups is 2. The zero-order valence-corrected chi connectivity index (χ0v) is 13.4. The van der Waals surface area contributed by atoms with Gasteiger partial charge in [0.05, 0.1) is 11.6 Å². The Kier molecular flexibility index (Phi) is 4.26. The van der Waals surface area contributed by atoms with Gasteiger partial charge in [0.25, 0.3) is 0 Å². The Morgan fingerprint density at radius 3 is 2.42 bits per heavy atom. The van der Waals surface area contributed by atoms with Gasteiger partial charge in [-0.05, 0) is 19.3 Å². The highest BCUT2D eigenvalue weighted by atomic mass is 19.4. The average molecular weight is 351 g/mol. The molecule has 3 rings (SSSR count). The van der Waals surface area contributed by atoms with Crippen LogP contribution < -0.4 is 5.32 Å². The standard InChI is InChI=1S/C15H21F4N3O2/c1-2-10-7-22(13(24)15(17,18)19)14(3-4-14)8-21(10)12(23)11-5-9(16)6-20-11/h9-11,20H,2-8H2,1H3/t9-,10-,11+/m1/s1. The largest absolute Gasteiger partial charge is 0.471 e. The summed E-state index contributed by atoms with van der Waals surface area (Å²) in [4.78, 5) is 26.9. The van der Waals surface area contributed by atoms with Crippen molar-refractivity contribution >= 4 is 11.8 Å². The molecule has 1 spiro atoms. The molecule has 1 aliphatic carbocycles. The maximum Gasteiger partial charge on any atom is 0.471 e. The topological polar surface area (TPSA) is 52.7 Å². The second kappa shape index (κ2) is 5.86. The monoisotopic (exact) mass is 351 g/mol. The van der Waals surface area contributed by atoms with Crippen LogP contribution in [0.2, 0.25) is 0 Å². The Labute approximate surface area is 137 Å². The predicted octanol–water partition coefficient (Wildman–Crippen LogP) is 1.23. The fourth-order valence-electron chi connectivity index (χ4n) is 3.75. The Balaban J connectivity index is 1.78. The van der Waals surface area contributed by atoms with E-state index in [-0.39, 0.29) is 32.0 Å². The van der Waals surface area contributed by atoms with Gasteiger partial charge >= 0.3 is 12.1 Å². The summed E-state index contributed by atoms with van der Waals surface area (Å²) in [6, 6.07) is -1.11. The van der Waals surface area contributed by atoms with Crippen molar-refractivity contribution in [1.29, 1.82) is 0 Å². The van der Waals surface area contributed by atoms with E-state index in [9.17, 15) is 27.2 Å². The number of hydrogen-bond acceptors (Lipinski definition) is 3. The molecule has 3 aliphatic rings. The minimum atomic E-state index is -4.91. The molecule has 3 fully saturated rings. The van der Waals surface area contributed by atoms with E-state index in [1.54, 1.807) is 11.8 Å². The summed E-state index contributed by atoms with van der Waals surface area (Å²) in [6.45, 7) is 1.87. The van der Waals surface area contributed by atoms with Crippen molar-refractivity contribution in [3.8, 4) is 0 Å². The van der Waals surface area contributed by atoms with Gasteiger partial charge in [-0.2, -0.15) is 13.2 Å². The average Bonchev–Trinajstić information content (AvgIpc) is 3.15. The summed E-state index contributed by atoms with van der Waals surface area (Å²) in [7, 11) is 0. The van der Waals surface area contributed by atoms with Crippen molar-refractivity contribution in [2.75, 3.05) is 19.6 Å². The first-order chi connectivity index (χ1) is 11.2. The van der Waals surface area contributed by atoms with Crippen molar-refractivity contribution in [2.24, 2.45) is 0 Å². The number of nitrogens with one attached hydrogen (secondary N) is 1. The summed E-state index contributed by atoms with van der Waals surface area (Å²) in [5.74, 6) is -2.10. The fraction of sp³-hybridized carbons (Fsp3) is 0.867. The molecule has 2 amide bonds. The Morgan fingerprint density at radius 2 is 1.96 bits per heavy atom. The van der Waals surface area contributed by atoms with Crippen LogP contribution in [-0.4, -0.2) is 71.2 Å². The molecule has 3 atom stereocenters. The molecular formula is C15H21F4N3O2. The number of amides is 2. The molecule has 2 saturated heterocycles. The van der Waals surface area contributed by atoms with E-state index in [2.05, 4.69) is 5.32 Å². The molecule has 24 heavy (non-hydrogen) atoms. The number of piperazine rings is 1. The molecular weight excluding hydrogens is 330 g/mol. The highest BCUT2D eigenvalue weighted by Crippen LogP contribution is 2.47. The zero-order chi connectivity index (χ0) is 17.7. The number of rotatable bonds is 2. The Hall–Kier alpha value is -1.38. The molecule has 2 heterocycles. The molecule has 0 radical (unpaired) electrons. The van der Waals surface area contributed by atoms with E-state index in [1.165, 1.54) is 0 Å². The minimum Gasteiger partial charge on any atom is -0.334 e. The Morgan fingerprint density at radius 1 is 1.29 bits per heavy atom. The third-order valence-corrected chi connectivity index (χ3v) is 5.32. The van der Waals surface area contributed by atoms with Crippen molar-refractivity contribution in [3.05, 3.63) is 0 Å².